The number of carbonyl (C=O) groups excluding carboxylic acids is 1. The predicted molar refractivity (Wildman–Crippen MR) is 159 cm³/mol. The molecule has 1 atom stereocenters. The molecule has 3 heterocycles. The average molecular weight is 546 g/mol. The Morgan fingerprint density at radius 1 is 0.976 bits per heavy atom. The van der Waals surface area contributed by atoms with Gasteiger partial charge < -0.3 is 10.3 Å². The number of nitrogens with one attached hydrogen (secondary N) is 2. The quantitative estimate of drug-likeness (QED) is 0.257. The summed E-state index contributed by atoms with van der Waals surface area (Å²) in [5.74, 6) is 0.860. The standard InChI is InChI=1S/C33H35N7O/c1-22-31(23(2)37-21-36-22)33(41)35-19-24-12-14-25(15-13-24)20-40(29-11-5-7-26-8-6-17-34-32(26)29)18-16-30-38-27-9-3-4-10-28(27)39-30/h3-4,6,8-10,12-15,17,21,29H,5,7,11,16,18-20H2,1-2H3,(H,35,41)(H,38,39). The van der Waals surface area contributed by atoms with Crippen LogP contribution in [0.25, 0.3) is 11.0 Å². The molecule has 0 saturated heterocycles. The molecule has 1 amide bonds. The van der Waals surface area contributed by atoms with Crippen molar-refractivity contribution >= 4 is 16.9 Å². The average Bonchev–Trinajstić information content (AvgIpc) is 3.42. The summed E-state index contributed by atoms with van der Waals surface area (Å²) in [6.45, 7) is 5.79. The van der Waals surface area contributed by atoms with E-state index in [-0.39, 0.29) is 11.9 Å². The maximum Gasteiger partial charge on any atom is 0.255 e. The smallest absolute Gasteiger partial charge is 0.255 e. The molecule has 8 nitrogen and oxygen atoms in total. The zero-order chi connectivity index (χ0) is 28.2. The molecule has 8 heteroatoms. The second-order valence-electron chi connectivity index (χ2n) is 10.8. The normalized spacial score (nSPS) is 14.8. The number of pyridine rings is 1. The second kappa shape index (κ2) is 12.0. The van der Waals surface area contributed by atoms with E-state index in [1.165, 1.54) is 23.1 Å². The van der Waals surface area contributed by atoms with Gasteiger partial charge in [-0.3, -0.25) is 14.7 Å². The number of para-hydroxylation sites is 2. The van der Waals surface area contributed by atoms with Crippen LogP contribution in [0.3, 0.4) is 0 Å². The van der Waals surface area contributed by atoms with E-state index in [1.807, 2.05) is 44.3 Å². The number of rotatable bonds is 9. The Morgan fingerprint density at radius 2 is 1.76 bits per heavy atom. The number of benzene rings is 2. The highest BCUT2D eigenvalue weighted by molar-refractivity contribution is 5.96. The first kappa shape index (κ1) is 26.8. The van der Waals surface area contributed by atoms with E-state index in [2.05, 4.69) is 61.6 Å². The summed E-state index contributed by atoms with van der Waals surface area (Å²) in [4.78, 5) is 36.8. The van der Waals surface area contributed by atoms with Gasteiger partial charge >= 0.3 is 0 Å². The topological polar surface area (TPSA) is 99.7 Å². The Labute approximate surface area is 240 Å². The summed E-state index contributed by atoms with van der Waals surface area (Å²) in [6, 6.07) is 21.3. The molecule has 0 aliphatic heterocycles. The summed E-state index contributed by atoms with van der Waals surface area (Å²) in [5.41, 5.74) is 8.85. The van der Waals surface area contributed by atoms with Crippen LogP contribution in [-0.4, -0.2) is 42.3 Å². The molecule has 5 aromatic rings. The Bertz CT molecular complexity index is 1610. The minimum atomic E-state index is -0.148. The van der Waals surface area contributed by atoms with E-state index < -0.39 is 0 Å². The van der Waals surface area contributed by atoms with Gasteiger partial charge in [-0.25, -0.2) is 15.0 Å². The lowest BCUT2D eigenvalue weighted by Gasteiger charge is -2.35. The third-order valence-corrected chi connectivity index (χ3v) is 8.00. The third kappa shape index (κ3) is 6.02. The van der Waals surface area contributed by atoms with Crippen molar-refractivity contribution in [2.24, 2.45) is 0 Å². The molecular weight excluding hydrogens is 510 g/mol. The molecule has 0 saturated carbocycles. The number of aromatic nitrogens is 5. The van der Waals surface area contributed by atoms with Gasteiger partial charge in [0.2, 0.25) is 0 Å². The molecule has 2 aromatic carbocycles. The Morgan fingerprint density at radius 3 is 2.56 bits per heavy atom. The van der Waals surface area contributed by atoms with Crippen molar-refractivity contribution in [2.45, 2.75) is 58.7 Å². The summed E-state index contributed by atoms with van der Waals surface area (Å²) in [7, 11) is 0. The first-order valence-corrected chi connectivity index (χ1v) is 14.3. The number of nitrogens with zero attached hydrogens (tertiary/aromatic N) is 5. The van der Waals surface area contributed by atoms with E-state index in [0.29, 0.717) is 23.5 Å². The van der Waals surface area contributed by atoms with Crippen LogP contribution in [0.4, 0.5) is 0 Å². The van der Waals surface area contributed by atoms with Crippen LogP contribution in [0.5, 0.6) is 0 Å². The number of aromatic amines is 1. The fraction of sp³-hybridized carbons (Fsp3) is 0.303. The first-order valence-electron chi connectivity index (χ1n) is 14.3. The van der Waals surface area contributed by atoms with Crippen molar-refractivity contribution in [3.63, 3.8) is 0 Å². The highest BCUT2D eigenvalue weighted by atomic mass is 16.1. The predicted octanol–water partition coefficient (Wildman–Crippen LogP) is 5.42. The number of fused-ring (bicyclic) bond motifs is 2. The van der Waals surface area contributed by atoms with E-state index in [4.69, 9.17) is 9.97 Å². The van der Waals surface area contributed by atoms with Crippen LogP contribution in [0, 0.1) is 13.8 Å². The minimum Gasteiger partial charge on any atom is -0.348 e. The summed E-state index contributed by atoms with van der Waals surface area (Å²) in [5, 5.41) is 3.02. The lowest BCUT2D eigenvalue weighted by Crippen LogP contribution is -2.33. The van der Waals surface area contributed by atoms with Crippen LogP contribution in [0.2, 0.25) is 0 Å². The molecule has 1 aliphatic rings. The number of hydrogen-bond acceptors (Lipinski definition) is 6. The van der Waals surface area contributed by atoms with Gasteiger partial charge in [0.25, 0.3) is 5.91 Å². The molecule has 3 aromatic heterocycles. The summed E-state index contributed by atoms with van der Waals surface area (Å²) < 4.78 is 0. The van der Waals surface area contributed by atoms with Crippen molar-refractivity contribution in [1.82, 2.24) is 35.1 Å². The van der Waals surface area contributed by atoms with Crippen molar-refractivity contribution in [1.29, 1.82) is 0 Å². The molecule has 41 heavy (non-hydrogen) atoms. The van der Waals surface area contributed by atoms with E-state index in [0.717, 1.165) is 61.2 Å². The van der Waals surface area contributed by atoms with Gasteiger partial charge in [-0.05, 0) is 68.0 Å². The molecule has 208 valence electrons. The number of hydrogen-bond donors (Lipinski definition) is 2. The zero-order valence-corrected chi connectivity index (χ0v) is 23.6. The van der Waals surface area contributed by atoms with Gasteiger partial charge in [0.1, 0.15) is 12.2 Å². The highest BCUT2D eigenvalue weighted by Crippen LogP contribution is 2.34. The number of aryl methyl sites for hydroxylation is 3. The lowest BCUT2D eigenvalue weighted by molar-refractivity contribution is 0.0948. The maximum absolute atomic E-state index is 12.8. The largest absolute Gasteiger partial charge is 0.348 e. The van der Waals surface area contributed by atoms with Crippen molar-refractivity contribution in [3.8, 4) is 0 Å². The van der Waals surface area contributed by atoms with E-state index in [1.54, 1.807) is 0 Å². The Hall–Kier alpha value is -4.43. The van der Waals surface area contributed by atoms with Crippen LogP contribution in [0.1, 0.15) is 68.8 Å². The van der Waals surface area contributed by atoms with Crippen LogP contribution < -0.4 is 5.32 Å². The van der Waals surface area contributed by atoms with Crippen LogP contribution >= 0.6 is 0 Å². The van der Waals surface area contributed by atoms with Crippen LogP contribution in [-0.2, 0) is 25.9 Å². The molecule has 0 fully saturated rings. The van der Waals surface area contributed by atoms with Gasteiger partial charge in [0, 0.05) is 32.3 Å². The highest BCUT2D eigenvalue weighted by Gasteiger charge is 2.27. The second-order valence-corrected chi connectivity index (χ2v) is 10.8. The molecule has 6 rings (SSSR count). The monoisotopic (exact) mass is 545 g/mol. The van der Waals surface area contributed by atoms with E-state index >= 15 is 0 Å². The molecule has 0 spiro atoms. The molecular formula is C33H35N7O. The summed E-state index contributed by atoms with van der Waals surface area (Å²) in [6.07, 6.45) is 7.58. The van der Waals surface area contributed by atoms with Crippen molar-refractivity contribution < 1.29 is 4.79 Å². The molecule has 0 radical (unpaired) electrons. The number of carbonyl (C=O) groups is 1. The fourth-order valence-electron chi connectivity index (χ4n) is 5.85. The van der Waals surface area contributed by atoms with Crippen LogP contribution in [0.15, 0.2) is 73.2 Å². The molecule has 0 bridgehead atoms. The van der Waals surface area contributed by atoms with Gasteiger partial charge in [0.05, 0.1) is 39.7 Å². The number of H-pyrrole nitrogens is 1. The number of amides is 1. The minimum absolute atomic E-state index is 0.148. The molecule has 1 unspecified atom stereocenters. The Balaban J connectivity index is 1.17. The molecule has 2 N–H and O–H groups in total. The maximum atomic E-state index is 12.8. The van der Waals surface area contributed by atoms with E-state index in [9.17, 15) is 4.79 Å². The van der Waals surface area contributed by atoms with Gasteiger partial charge in [-0.1, -0.05) is 42.5 Å². The SMILES string of the molecule is Cc1ncnc(C)c1C(=O)NCc1ccc(CN(CCc2nc3ccccc3[nH]2)C2CCCc3cccnc32)cc1. The fourth-order valence-corrected chi connectivity index (χ4v) is 5.85. The third-order valence-electron chi connectivity index (χ3n) is 8.00. The van der Waals surface area contributed by atoms with Crippen molar-refractivity contribution in [3.05, 3.63) is 118 Å². The van der Waals surface area contributed by atoms with Crippen molar-refractivity contribution in [2.75, 3.05) is 6.54 Å². The Kier molecular flexibility index (Phi) is 7.82. The first-order chi connectivity index (χ1) is 20.0. The lowest BCUT2D eigenvalue weighted by atomic mass is 9.90. The number of imidazole rings is 1. The van der Waals surface area contributed by atoms with Gasteiger partial charge in [0.15, 0.2) is 0 Å². The van der Waals surface area contributed by atoms with Gasteiger partial charge in [-0.15, -0.1) is 0 Å². The van der Waals surface area contributed by atoms with Gasteiger partial charge in [-0.2, -0.15) is 0 Å². The zero-order valence-electron chi connectivity index (χ0n) is 23.6. The summed E-state index contributed by atoms with van der Waals surface area (Å²) >= 11 is 0. The molecule has 1 aliphatic carbocycles.